The highest BCUT2D eigenvalue weighted by molar-refractivity contribution is 6.06. The van der Waals surface area contributed by atoms with Crippen molar-refractivity contribution >= 4 is 16.8 Å². The minimum absolute atomic E-state index is 0.0933. The number of likely N-dealkylation sites (tertiary alicyclic amines) is 1. The summed E-state index contributed by atoms with van der Waals surface area (Å²) in [4.78, 5) is 19.9. The molecular weight excluding hydrogens is 340 g/mol. The number of piperidine rings is 1. The molecular formula is C22H28N2O3. The number of pyridine rings is 1. The maximum Gasteiger partial charge on any atom is 0.254 e. The van der Waals surface area contributed by atoms with E-state index in [2.05, 4.69) is 11.1 Å². The number of carbonyl (C=O) groups excluding carboxylic acids is 1. The van der Waals surface area contributed by atoms with Crippen molar-refractivity contribution in [2.45, 2.75) is 51.2 Å². The summed E-state index contributed by atoms with van der Waals surface area (Å²) in [6.07, 6.45) is 3.88. The highest BCUT2D eigenvalue weighted by Gasteiger charge is 2.45. The first kappa shape index (κ1) is 18.4. The van der Waals surface area contributed by atoms with E-state index in [1.54, 1.807) is 7.11 Å². The Labute approximate surface area is 160 Å². The maximum absolute atomic E-state index is 13.3. The molecule has 1 unspecified atom stereocenters. The van der Waals surface area contributed by atoms with Crippen LogP contribution in [0.15, 0.2) is 24.3 Å². The third-order valence-corrected chi connectivity index (χ3v) is 6.09. The molecule has 0 saturated carbocycles. The number of aromatic nitrogens is 1. The lowest BCUT2D eigenvalue weighted by atomic mass is 9.81. The minimum Gasteiger partial charge on any atom is -0.378 e. The number of hydrogen-bond acceptors (Lipinski definition) is 4. The Morgan fingerprint density at radius 3 is 2.78 bits per heavy atom. The number of hydrogen-bond donors (Lipinski definition) is 0. The van der Waals surface area contributed by atoms with Gasteiger partial charge in [-0.1, -0.05) is 11.6 Å². The first-order chi connectivity index (χ1) is 13.0. The molecule has 0 bridgehead atoms. The number of carbonyl (C=O) groups is 1. The van der Waals surface area contributed by atoms with E-state index in [0.29, 0.717) is 13.1 Å². The Morgan fingerprint density at radius 2 is 2.04 bits per heavy atom. The van der Waals surface area contributed by atoms with Crippen molar-refractivity contribution in [3.63, 3.8) is 0 Å². The van der Waals surface area contributed by atoms with Gasteiger partial charge >= 0.3 is 0 Å². The normalized spacial score (nSPS) is 22.3. The highest BCUT2D eigenvalue weighted by atomic mass is 16.5. The van der Waals surface area contributed by atoms with Crippen molar-refractivity contribution in [2.75, 3.05) is 26.8 Å². The van der Waals surface area contributed by atoms with Crippen molar-refractivity contribution in [3.8, 4) is 0 Å². The summed E-state index contributed by atoms with van der Waals surface area (Å²) < 4.78 is 11.9. The van der Waals surface area contributed by atoms with Crippen LogP contribution >= 0.6 is 0 Å². The van der Waals surface area contributed by atoms with Crippen molar-refractivity contribution < 1.29 is 14.3 Å². The lowest BCUT2D eigenvalue weighted by molar-refractivity contribution is -0.183. The van der Waals surface area contributed by atoms with Gasteiger partial charge in [-0.25, -0.2) is 0 Å². The summed E-state index contributed by atoms with van der Waals surface area (Å²) in [7, 11) is 1.77. The zero-order chi connectivity index (χ0) is 19.0. The molecule has 2 aromatic rings. The van der Waals surface area contributed by atoms with E-state index in [1.807, 2.05) is 36.9 Å². The van der Waals surface area contributed by atoms with Crippen LogP contribution in [0.1, 0.15) is 47.3 Å². The number of ether oxygens (including phenoxy) is 2. The quantitative estimate of drug-likeness (QED) is 0.812. The SMILES string of the molecule is COC1CCCOC12CCN(C(=O)c1cc(C)nc3ccc(C)cc13)CC2. The molecule has 0 N–H and O–H groups in total. The standard InChI is InChI=1S/C22H28N2O3/c1-15-6-7-19-17(13-15)18(14-16(2)23-19)21(25)24-10-8-22(9-11-24)20(26-3)5-4-12-27-22/h6-7,13-14,20H,4-5,8-12H2,1-3H3. The molecule has 2 aliphatic heterocycles. The van der Waals surface area contributed by atoms with Gasteiger partial charge in [0.05, 0.1) is 22.8 Å². The molecule has 2 fully saturated rings. The number of rotatable bonds is 2. The summed E-state index contributed by atoms with van der Waals surface area (Å²) in [5, 5.41) is 0.939. The van der Waals surface area contributed by atoms with Crippen molar-refractivity contribution in [3.05, 3.63) is 41.1 Å². The molecule has 2 aliphatic rings. The zero-order valence-electron chi connectivity index (χ0n) is 16.5. The van der Waals surface area contributed by atoms with Gasteiger partial charge in [0.15, 0.2) is 0 Å². The Morgan fingerprint density at radius 1 is 1.26 bits per heavy atom. The molecule has 1 amide bonds. The van der Waals surface area contributed by atoms with Gasteiger partial charge in [0, 0.05) is 37.9 Å². The fourth-order valence-corrected chi connectivity index (χ4v) is 4.61. The number of aryl methyl sites for hydroxylation is 2. The molecule has 2 saturated heterocycles. The molecule has 1 atom stereocenters. The van der Waals surface area contributed by atoms with Crippen LogP contribution in [0.25, 0.3) is 10.9 Å². The van der Waals surface area contributed by atoms with Gasteiger partial charge < -0.3 is 14.4 Å². The van der Waals surface area contributed by atoms with Gasteiger partial charge in [-0.3, -0.25) is 9.78 Å². The van der Waals surface area contributed by atoms with E-state index in [4.69, 9.17) is 9.47 Å². The third-order valence-electron chi connectivity index (χ3n) is 6.09. The fraction of sp³-hybridized carbons (Fsp3) is 0.545. The Balaban J connectivity index is 1.58. The molecule has 5 nitrogen and oxygen atoms in total. The third kappa shape index (κ3) is 3.34. The van der Waals surface area contributed by atoms with Crippen LogP contribution < -0.4 is 0 Å². The molecule has 27 heavy (non-hydrogen) atoms. The second-order valence-electron chi connectivity index (χ2n) is 7.90. The molecule has 0 aliphatic carbocycles. The molecule has 1 spiro atoms. The predicted octanol–water partition coefficient (Wildman–Crippen LogP) is 3.65. The number of amides is 1. The summed E-state index contributed by atoms with van der Waals surface area (Å²) >= 11 is 0. The highest BCUT2D eigenvalue weighted by Crippen LogP contribution is 2.37. The van der Waals surface area contributed by atoms with Gasteiger partial charge in [-0.05, 0) is 57.7 Å². The number of fused-ring (bicyclic) bond motifs is 1. The van der Waals surface area contributed by atoms with Crippen molar-refractivity contribution in [1.29, 1.82) is 0 Å². The number of benzene rings is 1. The summed E-state index contributed by atoms with van der Waals surface area (Å²) in [6.45, 7) is 6.19. The molecule has 5 heteroatoms. The Bertz CT molecular complexity index is 856. The average Bonchev–Trinajstić information content (AvgIpc) is 2.68. The number of methoxy groups -OCH3 is 1. The number of nitrogens with zero attached hydrogens (tertiary/aromatic N) is 2. The second kappa shape index (κ2) is 7.21. The topological polar surface area (TPSA) is 51.7 Å². The summed E-state index contributed by atoms with van der Waals surface area (Å²) in [5.41, 5.74) is 3.42. The molecule has 1 aromatic heterocycles. The Hall–Kier alpha value is -1.98. The van der Waals surface area contributed by atoms with E-state index >= 15 is 0 Å². The first-order valence-corrected chi connectivity index (χ1v) is 9.86. The smallest absolute Gasteiger partial charge is 0.254 e. The van der Waals surface area contributed by atoms with E-state index in [0.717, 1.165) is 60.0 Å². The average molecular weight is 368 g/mol. The lowest BCUT2D eigenvalue weighted by Crippen LogP contribution is -2.56. The van der Waals surface area contributed by atoms with Gasteiger partial charge in [0.2, 0.25) is 0 Å². The van der Waals surface area contributed by atoms with Crippen molar-refractivity contribution in [1.82, 2.24) is 9.88 Å². The van der Waals surface area contributed by atoms with Crippen LogP contribution in [-0.2, 0) is 9.47 Å². The first-order valence-electron chi connectivity index (χ1n) is 9.86. The van der Waals surface area contributed by atoms with Gasteiger partial charge in [-0.15, -0.1) is 0 Å². The predicted molar refractivity (Wildman–Crippen MR) is 105 cm³/mol. The van der Waals surface area contributed by atoms with Crippen LogP contribution in [0, 0.1) is 13.8 Å². The molecule has 1 aromatic carbocycles. The summed E-state index contributed by atoms with van der Waals surface area (Å²) in [6, 6.07) is 8.02. The van der Waals surface area contributed by atoms with E-state index in [9.17, 15) is 4.79 Å². The van der Waals surface area contributed by atoms with Crippen molar-refractivity contribution in [2.24, 2.45) is 0 Å². The second-order valence-corrected chi connectivity index (χ2v) is 7.90. The van der Waals surface area contributed by atoms with Crippen LogP contribution in [-0.4, -0.2) is 54.3 Å². The van der Waals surface area contributed by atoms with Crippen LogP contribution in [0.2, 0.25) is 0 Å². The summed E-state index contributed by atoms with van der Waals surface area (Å²) in [5.74, 6) is 0.0933. The van der Waals surface area contributed by atoms with Gasteiger partial charge in [0.1, 0.15) is 0 Å². The van der Waals surface area contributed by atoms with E-state index in [1.165, 1.54) is 0 Å². The van der Waals surface area contributed by atoms with Crippen LogP contribution in [0.3, 0.4) is 0 Å². The van der Waals surface area contributed by atoms with Gasteiger partial charge in [0.25, 0.3) is 5.91 Å². The molecule has 4 rings (SSSR count). The molecule has 3 heterocycles. The van der Waals surface area contributed by atoms with Gasteiger partial charge in [-0.2, -0.15) is 0 Å². The fourth-order valence-electron chi connectivity index (χ4n) is 4.61. The maximum atomic E-state index is 13.3. The van der Waals surface area contributed by atoms with E-state index < -0.39 is 0 Å². The monoisotopic (exact) mass is 368 g/mol. The molecule has 144 valence electrons. The zero-order valence-corrected chi connectivity index (χ0v) is 16.5. The van der Waals surface area contributed by atoms with E-state index in [-0.39, 0.29) is 17.6 Å². The lowest BCUT2D eigenvalue weighted by Gasteiger charge is -2.48. The largest absolute Gasteiger partial charge is 0.378 e. The van der Waals surface area contributed by atoms with Crippen LogP contribution in [0.5, 0.6) is 0 Å². The van der Waals surface area contributed by atoms with Crippen LogP contribution in [0.4, 0.5) is 0 Å². The molecule has 0 radical (unpaired) electrons. The minimum atomic E-state index is -0.226. The Kier molecular flexibility index (Phi) is 4.91.